The van der Waals surface area contributed by atoms with E-state index in [4.69, 9.17) is 9.47 Å². The summed E-state index contributed by atoms with van der Waals surface area (Å²) in [5, 5.41) is 10.2. The first-order valence-corrected chi connectivity index (χ1v) is 11.0. The summed E-state index contributed by atoms with van der Waals surface area (Å²) in [6, 6.07) is 9.71. The van der Waals surface area contributed by atoms with Gasteiger partial charge in [0.15, 0.2) is 11.5 Å². The first-order chi connectivity index (χ1) is 14.0. The number of phenols is 1. The maximum atomic E-state index is 13.1. The van der Waals surface area contributed by atoms with Crippen molar-refractivity contribution in [2.75, 3.05) is 27.3 Å². The molecule has 0 bridgehead atoms. The zero-order valence-corrected chi connectivity index (χ0v) is 17.5. The first kappa shape index (κ1) is 21.1. The van der Waals surface area contributed by atoms with Crippen molar-refractivity contribution in [2.45, 2.75) is 30.6 Å². The second-order valence-electron chi connectivity index (χ2n) is 6.81. The second kappa shape index (κ2) is 9.28. The Kier molecular flexibility index (Phi) is 6.76. The molecule has 3 rings (SSSR count). The minimum atomic E-state index is -3.60. The molecule has 0 atom stereocenters. The summed E-state index contributed by atoms with van der Waals surface area (Å²) < 4.78 is 38.1. The minimum Gasteiger partial charge on any atom is -0.504 e. The molecule has 0 spiro atoms. The SMILES string of the molecule is COc1ccc(S(=O)(=O)N2CCCCCC2)cc1N=Cc1cccc(OC)c1O. The monoisotopic (exact) mass is 418 g/mol. The Balaban J connectivity index is 1.95. The van der Waals surface area contributed by atoms with Crippen LogP contribution in [0.5, 0.6) is 17.2 Å². The largest absolute Gasteiger partial charge is 0.504 e. The fourth-order valence-electron chi connectivity index (χ4n) is 3.31. The summed E-state index contributed by atoms with van der Waals surface area (Å²) in [6.45, 7) is 1.06. The Labute approximate surface area is 171 Å². The van der Waals surface area contributed by atoms with Gasteiger partial charge in [-0.2, -0.15) is 4.31 Å². The maximum absolute atomic E-state index is 13.1. The summed E-state index contributed by atoms with van der Waals surface area (Å²) in [4.78, 5) is 4.56. The van der Waals surface area contributed by atoms with Crippen LogP contribution in [0.3, 0.4) is 0 Å². The molecule has 8 heteroatoms. The van der Waals surface area contributed by atoms with Gasteiger partial charge in [-0.1, -0.05) is 18.9 Å². The van der Waals surface area contributed by atoms with Gasteiger partial charge in [0.2, 0.25) is 10.0 Å². The highest BCUT2D eigenvalue weighted by Gasteiger charge is 2.26. The number of aliphatic imine (C=N–C) groups is 1. The van der Waals surface area contributed by atoms with E-state index in [-0.39, 0.29) is 10.6 Å². The van der Waals surface area contributed by atoms with Crippen LogP contribution in [0.4, 0.5) is 5.69 Å². The first-order valence-electron chi connectivity index (χ1n) is 9.55. The molecule has 1 aliphatic heterocycles. The van der Waals surface area contributed by atoms with E-state index in [0.717, 1.165) is 25.7 Å². The van der Waals surface area contributed by atoms with E-state index in [1.54, 1.807) is 34.6 Å². The van der Waals surface area contributed by atoms with Crippen molar-refractivity contribution >= 4 is 21.9 Å². The van der Waals surface area contributed by atoms with E-state index < -0.39 is 10.0 Å². The van der Waals surface area contributed by atoms with E-state index >= 15 is 0 Å². The Morgan fingerprint density at radius 3 is 2.34 bits per heavy atom. The number of benzene rings is 2. The number of ether oxygens (including phenoxy) is 2. The van der Waals surface area contributed by atoms with Gasteiger partial charge in [0.05, 0.1) is 19.1 Å². The van der Waals surface area contributed by atoms with Crippen molar-refractivity contribution in [3.05, 3.63) is 42.0 Å². The standard InChI is InChI=1S/C21H26N2O5S/c1-27-19-11-10-17(29(25,26)23-12-5-3-4-6-13-23)14-18(19)22-15-16-8-7-9-20(28-2)21(16)24/h7-11,14-15,24H,3-6,12-13H2,1-2H3. The van der Waals surface area contributed by atoms with E-state index in [9.17, 15) is 13.5 Å². The topological polar surface area (TPSA) is 88.4 Å². The Bertz CT molecular complexity index is 981. The van der Waals surface area contributed by atoms with Crippen molar-refractivity contribution < 1.29 is 23.0 Å². The molecule has 1 saturated heterocycles. The molecule has 0 saturated carbocycles. The van der Waals surface area contributed by atoms with Crippen LogP contribution < -0.4 is 9.47 Å². The summed E-state index contributed by atoms with van der Waals surface area (Å²) in [7, 11) is -0.631. The van der Waals surface area contributed by atoms with Crippen LogP contribution in [0.25, 0.3) is 0 Å². The average molecular weight is 419 g/mol. The van der Waals surface area contributed by atoms with Gasteiger partial charge in [0.1, 0.15) is 11.4 Å². The van der Waals surface area contributed by atoms with Crippen molar-refractivity contribution in [2.24, 2.45) is 4.99 Å². The van der Waals surface area contributed by atoms with Crippen LogP contribution in [-0.2, 0) is 10.0 Å². The van der Waals surface area contributed by atoms with Gasteiger partial charge < -0.3 is 14.6 Å². The molecule has 0 radical (unpaired) electrons. The molecule has 0 unspecified atom stereocenters. The third-order valence-electron chi connectivity index (χ3n) is 4.95. The van der Waals surface area contributed by atoms with E-state index in [1.165, 1.54) is 26.5 Å². The molecule has 29 heavy (non-hydrogen) atoms. The molecule has 2 aromatic rings. The molecule has 1 fully saturated rings. The van der Waals surface area contributed by atoms with Crippen LogP contribution in [0.1, 0.15) is 31.2 Å². The normalized spacial score (nSPS) is 15.9. The summed E-state index contributed by atoms with van der Waals surface area (Å²) >= 11 is 0. The quantitative estimate of drug-likeness (QED) is 0.722. The van der Waals surface area contributed by atoms with Gasteiger partial charge in [-0.15, -0.1) is 0 Å². The highest BCUT2D eigenvalue weighted by Crippen LogP contribution is 2.33. The van der Waals surface area contributed by atoms with Gasteiger partial charge in [-0.3, -0.25) is 4.99 Å². The maximum Gasteiger partial charge on any atom is 0.243 e. The summed E-state index contributed by atoms with van der Waals surface area (Å²) in [6.07, 6.45) is 5.30. The van der Waals surface area contributed by atoms with Gasteiger partial charge in [-0.05, 0) is 43.2 Å². The molecule has 156 valence electrons. The van der Waals surface area contributed by atoms with Crippen LogP contribution >= 0.6 is 0 Å². The van der Waals surface area contributed by atoms with Crippen LogP contribution in [-0.4, -0.2) is 51.4 Å². The Morgan fingerprint density at radius 1 is 1.00 bits per heavy atom. The van der Waals surface area contributed by atoms with Crippen LogP contribution in [0.15, 0.2) is 46.3 Å². The lowest BCUT2D eigenvalue weighted by atomic mass is 10.2. The van der Waals surface area contributed by atoms with Gasteiger partial charge in [-0.25, -0.2) is 8.42 Å². The molecular formula is C21H26N2O5S. The number of aromatic hydroxyl groups is 1. The number of phenolic OH excluding ortho intramolecular Hbond substituents is 1. The predicted octanol–water partition coefficient (Wildman–Crippen LogP) is 3.72. The fourth-order valence-corrected chi connectivity index (χ4v) is 4.85. The van der Waals surface area contributed by atoms with E-state index in [2.05, 4.69) is 4.99 Å². The molecule has 0 aliphatic carbocycles. The number of para-hydroxylation sites is 1. The van der Waals surface area contributed by atoms with E-state index in [1.807, 2.05) is 0 Å². The number of nitrogens with zero attached hydrogens (tertiary/aromatic N) is 2. The number of rotatable bonds is 6. The van der Waals surface area contributed by atoms with Gasteiger partial charge in [0, 0.05) is 24.9 Å². The fraction of sp³-hybridized carbons (Fsp3) is 0.381. The van der Waals surface area contributed by atoms with E-state index in [0.29, 0.717) is 35.8 Å². The smallest absolute Gasteiger partial charge is 0.243 e. The lowest BCUT2D eigenvalue weighted by Gasteiger charge is -2.20. The molecule has 1 heterocycles. The lowest BCUT2D eigenvalue weighted by Crippen LogP contribution is -2.31. The van der Waals surface area contributed by atoms with Crippen LogP contribution in [0, 0.1) is 0 Å². The minimum absolute atomic E-state index is 0.0361. The number of hydrogen-bond acceptors (Lipinski definition) is 6. The zero-order chi connectivity index (χ0) is 20.9. The molecule has 0 amide bonds. The third kappa shape index (κ3) is 4.71. The summed E-state index contributed by atoms with van der Waals surface area (Å²) in [5.74, 6) is 0.739. The molecule has 0 aromatic heterocycles. The number of hydrogen-bond donors (Lipinski definition) is 1. The third-order valence-corrected chi connectivity index (χ3v) is 6.84. The molecule has 7 nitrogen and oxygen atoms in total. The zero-order valence-electron chi connectivity index (χ0n) is 16.7. The molecule has 1 aliphatic rings. The van der Waals surface area contributed by atoms with Crippen molar-refractivity contribution in [3.63, 3.8) is 0 Å². The number of methoxy groups -OCH3 is 2. The molecular weight excluding hydrogens is 392 g/mol. The highest BCUT2D eigenvalue weighted by atomic mass is 32.2. The Morgan fingerprint density at radius 2 is 1.69 bits per heavy atom. The number of sulfonamides is 1. The molecule has 1 N–H and O–H groups in total. The van der Waals surface area contributed by atoms with Crippen molar-refractivity contribution in [1.29, 1.82) is 0 Å². The van der Waals surface area contributed by atoms with Crippen molar-refractivity contribution in [3.8, 4) is 17.2 Å². The second-order valence-corrected chi connectivity index (χ2v) is 8.75. The Hall–Kier alpha value is -2.58. The van der Waals surface area contributed by atoms with Gasteiger partial charge in [0.25, 0.3) is 0 Å². The van der Waals surface area contributed by atoms with Crippen molar-refractivity contribution in [1.82, 2.24) is 4.31 Å². The summed E-state index contributed by atoms with van der Waals surface area (Å²) in [5.41, 5.74) is 0.817. The highest BCUT2D eigenvalue weighted by molar-refractivity contribution is 7.89. The molecule has 2 aromatic carbocycles. The average Bonchev–Trinajstić information content (AvgIpc) is 3.03. The van der Waals surface area contributed by atoms with Crippen LogP contribution in [0.2, 0.25) is 0 Å². The van der Waals surface area contributed by atoms with Gasteiger partial charge >= 0.3 is 0 Å². The predicted molar refractivity (Wildman–Crippen MR) is 112 cm³/mol. The lowest BCUT2D eigenvalue weighted by molar-refractivity contribution is 0.373.